The third kappa shape index (κ3) is 4.02. The maximum Gasteiger partial charge on any atom is 0.451 e. The average Bonchev–Trinajstić information content (AvgIpc) is 2.74. The highest BCUT2D eigenvalue weighted by Gasteiger charge is 2.34. The van der Waals surface area contributed by atoms with Crippen molar-refractivity contribution in [1.29, 1.82) is 0 Å². The van der Waals surface area contributed by atoms with Crippen LogP contribution in [0.15, 0.2) is 55.1 Å². The molecule has 0 bridgehead atoms. The van der Waals surface area contributed by atoms with E-state index in [9.17, 15) is 17.6 Å². The number of halogens is 4. The number of rotatable bonds is 4. The molecule has 1 N–H and O–H groups in total. The van der Waals surface area contributed by atoms with E-state index in [1.54, 1.807) is 31.2 Å². The van der Waals surface area contributed by atoms with Crippen LogP contribution in [-0.2, 0) is 6.18 Å². The summed E-state index contributed by atoms with van der Waals surface area (Å²) in [5.41, 5.74) is 2.82. The molecule has 0 saturated carbocycles. The SMILES string of the molecule is C[C@@H](Nc1ncnc2ccc(-c3ccc(F)cc3)nc12)c1cnc(C(F)(F)F)nc1. The molecule has 4 aromatic rings. The van der Waals surface area contributed by atoms with Crippen molar-refractivity contribution in [2.24, 2.45) is 0 Å². The minimum Gasteiger partial charge on any atom is -0.362 e. The fourth-order valence-corrected chi connectivity index (χ4v) is 2.82. The molecule has 4 rings (SSSR count). The van der Waals surface area contributed by atoms with Crippen LogP contribution in [-0.4, -0.2) is 24.9 Å². The van der Waals surface area contributed by atoms with E-state index >= 15 is 0 Å². The molecule has 0 spiro atoms. The summed E-state index contributed by atoms with van der Waals surface area (Å²) in [5.74, 6) is -1.15. The van der Waals surface area contributed by atoms with Crippen LogP contribution in [0.25, 0.3) is 22.3 Å². The number of pyridine rings is 1. The summed E-state index contributed by atoms with van der Waals surface area (Å²) in [6, 6.07) is 9.00. The molecule has 0 fully saturated rings. The second-order valence-electron chi connectivity index (χ2n) is 6.50. The number of hydrogen-bond acceptors (Lipinski definition) is 6. The molecule has 30 heavy (non-hydrogen) atoms. The Morgan fingerprint density at radius 2 is 1.60 bits per heavy atom. The van der Waals surface area contributed by atoms with Gasteiger partial charge in [-0.15, -0.1) is 0 Å². The first-order chi connectivity index (χ1) is 14.3. The van der Waals surface area contributed by atoms with E-state index in [0.29, 0.717) is 28.1 Å². The summed E-state index contributed by atoms with van der Waals surface area (Å²) in [6.07, 6.45) is -0.999. The van der Waals surface area contributed by atoms with Crippen molar-refractivity contribution in [1.82, 2.24) is 24.9 Å². The van der Waals surface area contributed by atoms with Crippen LogP contribution in [0.5, 0.6) is 0 Å². The van der Waals surface area contributed by atoms with Crippen molar-refractivity contribution >= 4 is 16.9 Å². The van der Waals surface area contributed by atoms with Crippen molar-refractivity contribution in [3.05, 3.63) is 72.3 Å². The zero-order valence-corrected chi connectivity index (χ0v) is 15.5. The zero-order chi connectivity index (χ0) is 21.3. The van der Waals surface area contributed by atoms with Gasteiger partial charge < -0.3 is 5.32 Å². The summed E-state index contributed by atoms with van der Waals surface area (Å²) >= 11 is 0. The summed E-state index contributed by atoms with van der Waals surface area (Å²) in [5, 5.41) is 3.11. The van der Waals surface area contributed by atoms with Crippen LogP contribution in [0.1, 0.15) is 24.4 Å². The Bertz CT molecular complexity index is 1180. The largest absolute Gasteiger partial charge is 0.451 e. The molecule has 10 heteroatoms. The number of hydrogen-bond donors (Lipinski definition) is 1. The zero-order valence-electron chi connectivity index (χ0n) is 15.5. The first-order valence-corrected chi connectivity index (χ1v) is 8.84. The molecule has 0 amide bonds. The lowest BCUT2D eigenvalue weighted by Gasteiger charge is -2.16. The lowest BCUT2D eigenvalue weighted by Crippen LogP contribution is -2.14. The molecule has 6 nitrogen and oxygen atoms in total. The topological polar surface area (TPSA) is 76.5 Å². The van der Waals surface area contributed by atoms with Crippen molar-refractivity contribution in [3.8, 4) is 11.3 Å². The Labute approximate surface area is 168 Å². The maximum absolute atomic E-state index is 13.2. The van der Waals surface area contributed by atoms with Crippen LogP contribution in [0, 0.1) is 5.82 Å². The standard InChI is InChI=1S/C20H14F4N6/c1-11(13-8-25-19(26-9-13)20(22,23)24)29-18-17-16(27-10-28-18)7-6-15(30-17)12-2-4-14(21)5-3-12/h2-11H,1H3,(H,27,28,29)/t11-/m1/s1. The van der Waals surface area contributed by atoms with Gasteiger partial charge in [0.05, 0.1) is 17.3 Å². The number of nitrogens with zero attached hydrogens (tertiary/aromatic N) is 5. The normalized spacial score (nSPS) is 12.7. The molecule has 0 aliphatic rings. The van der Waals surface area contributed by atoms with E-state index in [0.717, 1.165) is 18.0 Å². The van der Waals surface area contributed by atoms with Crippen LogP contribution < -0.4 is 5.32 Å². The fraction of sp³-hybridized carbons (Fsp3) is 0.150. The highest BCUT2D eigenvalue weighted by Crippen LogP contribution is 2.28. The van der Waals surface area contributed by atoms with Crippen molar-refractivity contribution < 1.29 is 17.6 Å². The van der Waals surface area contributed by atoms with Crippen molar-refractivity contribution in [3.63, 3.8) is 0 Å². The first kappa shape index (κ1) is 19.6. The molecule has 152 valence electrons. The second kappa shape index (κ2) is 7.62. The molecular formula is C20H14F4N6. The van der Waals surface area contributed by atoms with E-state index < -0.39 is 18.0 Å². The first-order valence-electron chi connectivity index (χ1n) is 8.84. The van der Waals surface area contributed by atoms with E-state index in [1.807, 2.05) is 0 Å². The van der Waals surface area contributed by atoms with Crippen molar-refractivity contribution in [2.45, 2.75) is 19.1 Å². The Morgan fingerprint density at radius 1 is 0.900 bits per heavy atom. The summed E-state index contributed by atoms with van der Waals surface area (Å²) in [4.78, 5) is 19.7. The van der Waals surface area contributed by atoms with Gasteiger partial charge in [-0.05, 0) is 43.3 Å². The van der Waals surface area contributed by atoms with Gasteiger partial charge in [0.2, 0.25) is 5.82 Å². The number of alkyl halides is 3. The number of benzene rings is 1. The van der Waals surface area contributed by atoms with Crippen LogP contribution in [0.4, 0.5) is 23.4 Å². The van der Waals surface area contributed by atoms with Gasteiger partial charge in [-0.3, -0.25) is 0 Å². The molecule has 3 heterocycles. The predicted octanol–water partition coefficient (Wildman–Crippen LogP) is 4.81. The maximum atomic E-state index is 13.2. The second-order valence-corrected chi connectivity index (χ2v) is 6.50. The fourth-order valence-electron chi connectivity index (χ4n) is 2.82. The molecule has 0 unspecified atom stereocenters. The third-order valence-corrected chi connectivity index (χ3v) is 4.40. The molecule has 0 radical (unpaired) electrons. The van der Waals surface area contributed by atoms with E-state index in [-0.39, 0.29) is 5.82 Å². The Morgan fingerprint density at radius 3 is 2.27 bits per heavy atom. The number of anilines is 1. The smallest absolute Gasteiger partial charge is 0.362 e. The number of aromatic nitrogens is 5. The van der Waals surface area contributed by atoms with Crippen LogP contribution in [0.3, 0.4) is 0 Å². The molecule has 0 aliphatic heterocycles. The Hall–Kier alpha value is -3.69. The quantitative estimate of drug-likeness (QED) is 0.483. The Kier molecular flexibility index (Phi) is 4.98. The monoisotopic (exact) mass is 414 g/mol. The molecular weight excluding hydrogens is 400 g/mol. The van der Waals surface area contributed by atoms with Gasteiger partial charge >= 0.3 is 6.18 Å². The van der Waals surface area contributed by atoms with E-state index in [4.69, 9.17) is 0 Å². The van der Waals surface area contributed by atoms with Gasteiger partial charge in [0.15, 0.2) is 5.82 Å². The van der Waals surface area contributed by atoms with Gasteiger partial charge in [-0.1, -0.05) is 0 Å². The summed E-state index contributed by atoms with van der Waals surface area (Å²) in [6.45, 7) is 1.74. The molecule has 3 aromatic heterocycles. The summed E-state index contributed by atoms with van der Waals surface area (Å²) in [7, 11) is 0. The van der Waals surface area contributed by atoms with E-state index in [2.05, 4.69) is 30.2 Å². The lowest BCUT2D eigenvalue weighted by molar-refractivity contribution is -0.145. The highest BCUT2D eigenvalue weighted by atomic mass is 19.4. The molecule has 1 aromatic carbocycles. The lowest BCUT2D eigenvalue weighted by atomic mass is 10.1. The van der Waals surface area contributed by atoms with Crippen molar-refractivity contribution in [2.75, 3.05) is 5.32 Å². The van der Waals surface area contributed by atoms with Gasteiger partial charge in [0, 0.05) is 23.5 Å². The van der Waals surface area contributed by atoms with Crippen LogP contribution >= 0.6 is 0 Å². The van der Waals surface area contributed by atoms with Gasteiger partial charge in [-0.2, -0.15) is 13.2 Å². The molecule has 1 atom stereocenters. The molecule has 0 aliphatic carbocycles. The van der Waals surface area contributed by atoms with Gasteiger partial charge in [-0.25, -0.2) is 29.3 Å². The van der Waals surface area contributed by atoms with E-state index in [1.165, 1.54) is 18.5 Å². The predicted molar refractivity (Wildman–Crippen MR) is 102 cm³/mol. The minimum atomic E-state index is -4.60. The molecule has 0 saturated heterocycles. The third-order valence-electron chi connectivity index (χ3n) is 4.40. The summed E-state index contributed by atoms with van der Waals surface area (Å²) < 4.78 is 51.2. The van der Waals surface area contributed by atoms with Gasteiger partial charge in [0.1, 0.15) is 17.7 Å². The number of nitrogens with one attached hydrogen (secondary N) is 1. The minimum absolute atomic E-state index is 0.349. The number of fused-ring (bicyclic) bond motifs is 1. The van der Waals surface area contributed by atoms with Crippen LogP contribution in [0.2, 0.25) is 0 Å². The highest BCUT2D eigenvalue weighted by molar-refractivity contribution is 5.87. The average molecular weight is 414 g/mol. The van der Waals surface area contributed by atoms with Gasteiger partial charge in [0.25, 0.3) is 0 Å². The Balaban J connectivity index is 1.65.